The summed E-state index contributed by atoms with van der Waals surface area (Å²) >= 11 is 0. The van der Waals surface area contributed by atoms with E-state index in [0.29, 0.717) is 51.3 Å². The van der Waals surface area contributed by atoms with Crippen molar-refractivity contribution in [2.24, 2.45) is 17.8 Å². The number of hydrogen-bond donors (Lipinski definition) is 3. The molecular formula is C39H49F4N5O9S. The van der Waals surface area contributed by atoms with Crippen LogP contribution in [0.5, 0.6) is 11.6 Å². The van der Waals surface area contributed by atoms with E-state index in [2.05, 4.69) is 20.3 Å². The number of hydrogen-bond acceptors (Lipinski definition) is 10. The molecule has 1 aromatic heterocycles. The van der Waals surface area contributed by atoms with Crippen molar-refractivity contribution >= 4 is 44.6 Å². The lowest BCUT2D eigenvalue weighted by atomic mass is 9.88. The molecule has 3 heterocycles. The van der Waals surface area contributed by atoms with Gasteiger partial charge >= 0.3 is 12.3 Å². The Kier molecular flexibility index (Phi) is 11.5. The molecule has 3 N–H and O–H groups in total. The van der Waals surface area contributed by atoms with Gasteiger partial charge in [-0.1, -0.05) is 26.0 Å². The fourth-order valence-electron chi connectivity index (χ4n) is 7.65. The molecular weight excluding hydrogens is 791 g/mol. The van der Waals surface area contributed by atoms with E-state index in [9.17, 15) is 45.2 Å². The van der Waals surface area contributed by atoms with Gasteiger partial charge < -0.3 is 29.7 Å². The number of nitrogens with one attached hydrogen (secondary N) is 3. The number of amides is 4. The predicted molar refractivity (Wildman–Crippen MR) is 201 cm³/mol. The highest BCUT2D eigenvalue weighted by molar-refractivity contribution is 7.91. The maximum absolute atomic E-state index is 14.7. The van der Waals surface area contributed by atoms with Crippen molar-refractivity contribution in [2.45, 2.75) is 120 Å². The number of alkyl halides is 3. The number of allylic oxidation sites excluding steroid dienone is 1. The number of fused-ring (bicyclic) bond motifs is 3. The first-order chi connectivity index (χ1) is 27.0. The van der Waals surface area contributed by atoms with Gasteiger partial charge in [0.2, 0.25) is 33.3 Å². The van der Waals surface area contributed by atoms with E-state index >= 15 is 0 Å². The van der Waals surface area contributed by atoms with Crippen LogP contribution in [0.1, 0.15) is 79.6 Å². The van der Waals surface area contributed by atoms with Gasteiger partial charge in [0.05, 0.1) is 23.8 Å². The summed E-state index contributed by atoms with van der Waals surface area (Å²) in [6, 6.07) is 1.07. The minimum absolute atomic E-state index is 0.0484. The van der Waals surface area contributed by atoms with Crippen LogP contribution in [0.4, 0.5) is 22.4 Å². The summed E-state index contributed by atoms with van der Waals surface area (Å²) in [6.07, 6.45) is -0.429. The summed E-state index contributed by atoms with van der Waals surface area (Å²) in [5.41, 5.74) is -4.60. The maximum Gasteiger partial charge on any atom is 0.427 e. The summed E-state index contributed by atoms with van der Waals surface area (Å²) in [6.45, 7) is 6.11. The number of rotatable bonds is 8. The highest BCUT2D eigenvalue weighted by atomic mass is 32.2. The zero-order valence-electron chi connectivity index (χ0n) is 33.1. The van der Waals surface area contributed by atoms with Crippen molar-refractivity contribution in [2.75, 3.05) is 13.7 Å². The summed E-state index contributed by atoms with van der Waals surface area (Å²) in [5, 5.41) is 5.78. The molecule has 3 fully saturated rings. The van der Waals surface area contributed by atoms with Crippen LogP contribution in [0.3, 0.4) is 0 Å². The Morgan fingerprint density at radius 3 is 2.45 bits per heavy atom. The van der Waals surface area contributed by atoms with Crippen LogP contribution in [-0.2, 0) is 29.1 Å². The number of pyridine rings is 1. The van der Waals surface area contributed by atoms with Crippen LogP contribution in [0, 0.1) is 23.6 Å². The lowest BCUT2D eigenvalue weighted by Crippen LogP contribution is -2.59. The molecule has 58 heavy (non-hydrogen) atoms. The molecule has 14 nitrogen and oxygen atoms in total. The van der Waals surface area contributed by atoms with E-state index in [-0.39, 0.29) is 42.3 Å². The van der Waals surface area contributed by atoms with Crippen LogP contribution in [-0.4, -0.2) is 96.0 Å². The predicted octanol–water partition coefficient (Wildman–Crippen LogP) is 5.05. The zero-order chi connectivity index (χ0) is 42.6. The highest BCUT2D eigenvalue weighted by Crippen LogP contribution is 2.48. The molecule has 318 valence electrons. The van der Waals surface area contributed by atoms with Crippen molar-refractivity contribution in [1.29, 1.82) is 0 Å². The first-order valence-corrected chi connectivity index (χ1v) is 20.7. The molecule has 6 rings (SSSR count). The highest BCUT2D eigenvalue weighted by Gasteiger charge is 2.63. The van der Waals surface area contributed by atoms with Gasteiger partial charge in [0.15, 0.2) is 0 Å². The van der Waals surface area contributed by atoms with Crippen molar-refractivity contribution < 1.29 is 59.4 Å². The van der Waals surface area contributed by atoms with Gasteiger partial charge in [-0.3, -0.25) is 19.1 Å². The van der Waals surface area contributed by atoms with Crippen LogP contribution < -0.4 is 24.8 Å². The molecule has 2 aromatic rings. The summed E-state index contributed by atoms with van der Waals surface area (Å²) in [4.78, 5) is 61.6. The van der Waals surface area contributed by atoms with E-state index in [0.717, 1.165) is 4.90 Å². The topological polar surface area (TPSA) is 182 Å². The standard InChI is InChI=1S/C39H49F4N5O9S/c1-21-9-7-8-10-23-19-38(23,34(51)47-58(53,54)37(5)12-13-37)46-31(49)28-18-25(56-32-27-16-24(40)17-29(55-6)26(27)11-14-44-32)20-48(28)33(50)30(22(2)15-21)45-35(52)57-36(3,4)39(41,42)43/h8,10-11,14,16-17,21-23,25,28,30H,7,9,12-13,15,18-20H2,1-6H3,(H,45,52)(H,46,49)(H,47,51)/b10-8-/t21-,22+,23+,25+,28-,30-,38+/m0/s1. The lowest BCUT2D eigenvalue weighted by Gasteiger charge is -2.34. The Morgan fingerprint density at radius 2 is 1.79 bits per heavy atom. The largest absolute Gasteiger partial charge is 0.496 e. The number of carbonyl (C=O) groups excluding carboxylic acids is 4. The minimum Gasteiger partial charge on any atom is -0.496 e. The molecule has 1 saturated heterocycles. The number of alkyl carbamates (subject to hydrolysis) is 1. The Balaban J connectivity index is 1.36. The number of aromatic nitrogens is 1. The average Bonchev–Trinajstić information content (AvgIpc) is 4.01. The van der Waals surface area contributed by atoms with Gasteiger partial charge in [-0.25, -0.2) is 22.6 Å². The van der Waals surface area contributed by atoms with E-state index < -0.39 is 91.7 Å². The molecule has 19 heteroatoms. The Labute approximate surface area is 333 Å². The molecule has 0 unspecified atom stereocenters. The Morgan fingerprint density at radius 1 is 1.09 bits per heavy atom. The third kappa shape index (κ3) is 8.54. The van der Waals surface area contributed by atoms with Gasteiger partial charge in [0, 0.05) is 30.0 Å². The van der Waals surface area contributed by atoms with Gasteiger partial charge in [0.25, 0.3) is 5.91 Å². The minimum atomic E-state index is -4.94. The van der Waals surface area contributed by atoms with Crippen LogP contribution >= 0.6 is 0 Å². The number of benzene rings is 1. The SMILES string of the molecule is COc1cc(F)cc2c(O[C@@H]3C[C@H]4C(=O)N[C@]5(C(=O)NS(=O)(=O)C6(C)CC6)C[C@H]5/C=C\CC[C@H](C)C[C@@H](C)[C@H](NC(=O)OC(C)(C)C(F)(F)F)C(=O)N4C3)nccc12. The quantitative estimate of drug-likeness (QED) is 0.240. The third-order valence-electron chi connectivity index (χ3n) is 11.8. The maximum atomic E-state index is 14.7. The number of ether oxygens (including phenoxy) is 3. The number of methoxy groups -OCH3 is 1. The number of carbonyl (C=O) groups is 4. The monoisotopic (exact) mass is 839 g/mol. The molecule has 0 radical (unpaired) electrons. The van der Waals surface area contributed by atoms with E-state index in [4.69, 9.17) is 14.2 Å². The molecule has 0 bridgehead atoms. The second-order valence-corrected chi connectivity index (χ2v) is 19.0. The molecule has 4 aliphatic rings. The second kappa shape index (κ2) is 15.5. The van der Waals surface area contributed by atoms with Crippen molar-refractivity contribution in [3.63, 3.8) is 0 Å². The van der Waals surface area contributed by atoms with E-state index in [1.165, 1.54) is 32.4 Å². The van der Waals surface area contributed by atoms with Gasteiger partial charge in [-0.15, -0.1) is 0 Å². The molecule has 2 aliphatic carbocycles. The molecule has 1 aromatic carbocycles. The van der Waals surface area contributed by atoms with E-state index in [1.807, 2.05) is 13.0 Å². The molecule has 2 saturated carbocycles. The number of sulfonamides is 1. The summed E-state index contributed by atoms with van der Waals surface area (Å²) in [5.74, 6) is -4.44. The zero-order valence-corrected chi connectivity index (χ0v) is 33.9. The van der Waals surface area contributed by atoms with Gasteiger partial charge in [-0.05, 0) is 83.3 Å². The van der Waals surface area contributed by atoms with Crippen LogP contribution in [0.25, 0.3) is 10.8 Å². The van der Waals surface area contributed by atoms with Crippen molar-refractivity contribution in [1.82, 2.24) is 25.2 Å². The number of halogens is 4. The summed E-state index contributed by atoms with van der Waals surface area (Å²) < 4.78 is 99.6. The third-order valence-corrected chi connectivity index (χ3v) is 14.0. The Hall–Kier alpha value is -4.68. The van der Waals surface area contributed by atoms with Gasteiger partial charge in [0.1, 0.15) is 35.3 Å². The molecule has 7 atom stereocenters. The fourth-order valence-corrected chi connectivity index (χ4v) is 8.97. The normalized spacial score (nSPS) is 29.4. The van der Waals surface area contributed by atoms with E-state index in [1.54, 1.807) is 19.1 Å². The van der Waals surface area contributed by atoms with Crippen LogP contribution in [0.15, 0.2) is 36.5 Å². The average molecular weight is 840 g/mol. The van der Waals surface area contributed by atoms with Gasteiger partial charge in [-0.2, -0.15) is 13.2 Å². The fraction of sp³-hybridized carbons (Fsp3) is 0.615. The smallest absolute Gasteiger partial charge is 0.427 e. The summed E-state index contributed by atoms with van der Waals surface area (Å²) in [7, 11) is -2.74. The molecule has 0 spiro atoms. The molecule has 4 amide bonds. The van der Waals surface area contributed by atoms with Crippen LogP contribution in [0.2, 0.25) is 0 Å². The van der Waals surface area contributed by atoms with Crippen molar-refractivity contribution in [3.05, 3.63) is 42.4 Å². The second-order valence-electron chi connectivity index (χ2n) is 16.8. The lowest BCUT2D eigenvalue weighted by molar-refractivity contribution is -0.244. The number of nitrogens with zero attached hydrogens (tertiary/aromatic N) is 2. The Bertz CT molecular complexity index is 2110. The first-order valence-electron chi connectivity index (χ1n) is 19.2. The van der Waals surface area contributed by atoms with Crippen molar-refractivity contribution in [3.8, 4) is 11.6 Å². The molecule has 2 aliphatic heterocycles. The first kappa shape index (κ1) is 42.9.